The number of benzene rings is 2. The molecule has 4 heteroatoms. The van der Waals surface area contributed by atoms with Gasteiger partial charge >= 0.3 is 0 Å². The van der Waals surface area contributed by atoms with E-state index in [-0.39, 0.29) is 0 Å². The van der Waals surface area contributed by atoms with E-state index >= 15 is 0 Å². The Labute approximate surface area is 129 Å². The van der Waals surface area contributed by atoms with Gasteiger partial charge in [-0.25, -0.2) is 4.99 Å². The molecule has 2 aromatic carbocycles. The van der Waals surface area contributed by atoms with E-state index in [1.807, 2.05) is 30.6 Å². The molecule has 3 nitrogen and oxygen atoms in total. The first-order valence-electron chi connectivity index (χ1n) is 6.59. The summed E-state index contributed by atoms with van der Waals surface area (Å²) in [7, 11) is 0. The average Bonchev–Trinajstić information content (AvgIpc) is 2.46. The predicted molar refractivity (Wildman–Crippen MR) is 90.7 cm³/mol. The molecule has 0 aromatic heterocycles. The number of thioether (sulfide) groups is 1. The van der Waals surface area contributed by atoms with E-state index in [9.17, 15) is 0 Å². The van der Waals surface area contributed by atoms with Crippen LogP contribution >= 0.6 is 11.8 Å². The minimum absolute atomic E-state index is 0.593. The van der Waals surface area contributed by atoms with Gasteiger partial charge < -0.3 is 0 Å². The molecule has 0 spiro atoms. The highest BCUT2D eigenvalue weighted by Crippen LogP contribution is 2.26. The Morgan fingerprint density at radius 1 is 1.10 bits per heavy atom. The second-order valence-electron chi connectivity index (χ2n) is 4.78. The van der Waals surface area contributed by atoms with Gasteiger partial charge in [-0.2, -0.15) is 5.26 Å². The highest BCUT2D eigenvalue weighted by atomic mass is 32.2. The standard InChI is InChI=1S/C17H17N3S/c1-12-7-13(2)9-15(8-12)14-5-4-6-16(10-14)20-17(21-3)19-11-18/h4-10H,1-3H3,(H,19,20). The van der Waals surface area contributed by atoms with Gasteiger partial charge in [0.1, 0.15) is 0 Å². The van der Waals surface area contributed by atoms with Gasteiger partial charge in [-0.05, 0) is 43.4 Å². The predicted octanol–water partition coefficient (Wildman–Crippen LogP) is 4.39. The molecule has 0 saturated heterocycles. The fourth-order valence-corrected chi connectivity index (χ4v) is 2.53. The number of rotatable bonds is 2. The molecule has 2 aromatic rings. The lowest BCUT2D eigenvalue weighted by molar-refractivity contribution is 1.28. The van der Waals surface area contributed by atoms with Crippen LogP contribution in [0.2, 0.25) is 0 Å². The first kappa shape index (κ1) is 15.1. The zero-order valence-electron chi connectivity index (χ0n) is 12.3. The number of aryl methyl sites for hydroxylation is 2. The van der Waals surface area contributed by atoms with Crippen LogP contribution in [0.5, 0.6) is 0 Å². The summed E-state index contributed by atoms with van der Waals surface area (Å²) in [6, 6.07) is 14.5. The highest BCUT2D eigenvalue weighted by Gasteiger charge is 2.02. The lowest BCUT2D eigenvalue weighted by atomic mass is 10.0. The molecule has 0 amide bonds. The Kier molecular flexibility index (Phi) is 5.02. The number of amidine groups is 1. The molecule has 0 atom stereocenters. The number of hydrogen-bond donors (Lipinski definition) is 1. The van der Waals surface area contributed by atoms with Crippen LogP contribution in [0, 0.1) is 25.3 Å². The first-order chi connectivity index (χ1) is 10.1. The Bertz CT molecular complexity index is 694. The van der Waals surface area contributed by atoms with Gasteiger partial charge in [-0.1, -0.05) is 53.2 Å². The largest absolute Gasteiger partial charge is 0.271 e. The number of nitrogens with one attached hydrogen (secondary N) is 1. The second kappa shape index (κ2) is 6.96. The maximum absolute atomic E-state index is 8.68. The highest BCUT2D eigenvalue weighted by molar-refractivity contribution is 8.13. The summed E-state index contributed by atoms with van der Waals surface area (Å²) in [6.07, 6.45) is 3.78. The lowest BCUT2D eigenvalue weighted by Crippen LogP contribution is -2.12. The van der Waals surface area contributed by atoms with Gasteiger partial charge in [0.15, 0.2) is 11.4 Å². The van der Waals surface area contributed by atoms with Crippen molar-refractivity contribution in [1.82, 2.24) is 5.32 Å². The molecule has 0 aliphatic rings. The molecule has 106 valence electrons. The van der Waals surface area contributed by atoms with Crippen molar-refractivity contribution in [1.29, 1.82) is 5.26 Å². The van der Waals surface area contributed by atoms with E-state index in [1.54, 1.807) is 0 Å². The van der Waals surface area contributed by atoms with Gasteiger partial charge in [0, 0.05) is 0 Å². The summed E-state index contributed by atoms with van der Waals surface area (Å²) in [5, 5.41) is 11.9. The smallest absolute Gasteiger partial charge is 0.183 e. The van der Waals surface area contributed by atoms with Crippen molar-refractivity contribution in [3.63, 3.8) is 0 Å². The van der Waals surface area contributed by atoms with Crippen LogP contribution in [0.25, 0.3) is 11.1 Å². The van der Waals surface area contributed by atoms with Crippen molar-refractivity contribution < 1.29 is 0 Å². The molecule has 0 bridgehead atoms. The van der Waals surface area contributed by atoms with Crippen molar-refractivity contribution in [3.05, 3.63) is 53.6 Å². The van der Waals surface area contributed by atoms with E-state index in [2.05, 4.69) is 48.4 Å². The summed E-state index contributed by atoms with van der Waals surface area (Å²) < 4.78 is 0. The first-order valence-corrected chi connectivity index (χ1v) is 7.81. The number of nitrogens with zero attached hydrogens (tertiary/aromatic N) is 2. The second-order valence-corrected chi connectivity index (χ2v) is 5.58. The Balaban J connectivity index is 2.40. The zero-order chi connectivity index (χ0) is 15.2. The van der Waals surface area contributed by atoms with E-state index in [0.717, 1.165) is 11.3 Å². The molecule has 1 N–H and O–H groups in total. The maximum Gasteiger partial charge on any atom is 0.183 e. The Morgan fingerprint density at radius 3 is 2.43 bits per heavy atom. The van der Waals surface area contributed by atoms with E-state index < -0.39 is 0 Å². The van der Waals surface area contributed by atoms with E-state index in [1.165, 1.54) is 28.5 Å². The van der Waals surface area contributed by atoms with Crippen LogP contribution in [-0.4, -0.2) is 11.4 Å². The molecule has 21 heavy (non-hydrogen) atoms. The van der Waals surface area contributed by atoms with Crippen LogP contribution in [0.4, 0.5) is 5.69 Å². The molecule has 0 saturated carbocycles. The topological polar surface area (TPSA) is 48.2 Å². The molecule has 0 radical (unpaired) electrons. The SMILES string of the molecule is CSC(=Nc1cccc(-c2cc(C)cc(C)c2)c1)NC#N. The minimum Gasteiger partial charge on any atom is -0.271 e. The molecule has 0 fully saturated rings. The number of aliphatic imine (C=N–C) groups is 1. The zero-order valence-corrected chi connectivity index (χ0v) is 13.2. The van der Waals surface area contributed by atoms with Crippen molar-refractivity contribution in [3.8, 4) is 17.3 Å². The van der Waals surface area contributed by atoms with Crippen molar-refractivity contribution >= 4 is 22.6 Å². The fourth-order valence-electron chi connectivity index (χ4n) is 2.19. The lowest BCUT2D eigenvalue weighted by Gasteiger charge is -2.07. The molecule has 0 aliphatic carbocycles. The molecular weight excluding hydrogens is 278 g/mol. The molecule has 2 rings (SSSR count). The van der Waals surface area contributed by atoms with Crippen LogP contribution in [0.3, 0.4) is 0 Å². The third kappa shape index (κ3) is 4.11. The van der Waals surface area contributed by atoms with E-state index in [4.69, 9.17) is 5.26 Å². The van der Waals surface area contributed by atoms with Gasteiger partial charge in [0.05, 0.1) is 5.69 Å². The van der Waals surface area contributed by atoms with E-state index in [0.29, 0.717) is 5.17 Å². The van der Waals surface area contributed by atoms with Crippen molar-refractivity contribution in [2.75, 3.05) is 6.26 Å². The molecule has 0 heterocycles. The normalized spacial score (nSPS) is 11.0. The fraction of sp³-hybridized carbons (Fsp3) is 0.176. The minimum atomic E-state index is 0.593. The summed E-state index contributed by atoms with van der Waals surface area (Å²) in [4.78, 5) is 4.44. The Morgan fingerprint density at radius 2 is 1.81 bits per heavy atom. The molecule has 0 unspecified atom stereocenters. The van der Waals surface area contributed by atoms with Gasteiger partial charge in [-0.15, -0.1) is 0 Å². The monoisotopic (exact) mass is 295 g/mol. The van der Waals surface area contributed by atoms with Crippen LogP contribution in [-0.2, 0) is 0 Å². The third-order valence-corrected chi connectivity index (χ3v) is 3.57. The van der Waals surface area contributed by atoms with Crippen molar-refractivity contribution in [2.45, 2.75) is 13.8 Å². The van der Waals surface area contributed by atoms with Crippen LogP contribution < -0.4 is 5.32 Å². The summed E-state index contributed by atoms with van der Waals surface area (Å²) >= 11 is 1.41. The Hall–Kier alpha value is -2.25. The number of nitriles is 1. The van der Waals surface area contributed by atoms with Crippen molar-refractivity contribution in [2.24, 2.45) is 4.99 Å². The van der Waals surface area contributed by atoms with Crippen LogP contribution in [0.1, 0.15) is 11.1 Å². The van der Waals surface area contributed by atoms with Gasteiger partial charge in [0.2, 0.25) is 0 Å². The third-order valence-electron chi connectivity index (χ3n) is 2.99. The molecular formula is C17H17N3S. The van der Waals surface area contributed by atoms with Gasteiger partial charge in [-0.3, -0.25) is 5.32 Å². The molecule has 0 aliphatic heterocycles. The maximum atomic E-state index is 8.68. The van der Waals surface area contributed by atoms with Crippen LogP contribution in [0.15, 0.2) is 47.5 Å². The summed E-state index contributed by atoms with van der Waals surface area (Å²) in [5.74, 6) is 0. The average molecular weight is 295 g/mol. The van der Waals surface area contributed by atoms with Gasteiger partial charge in [0.25, 0.3) is 0 Å². The quantitative estimate of drug-likeness (QED) is 0.387. The summed E-state index contributed by atoms with van der Waals surface area (Å²) in [6.45, 7) is 4.20. The summed E-state index contributed by atoms with van der Waals surface area (Å²) in [5.41, 5.74) is 5.63. The number of hydrogen-bond acceptors (Lipinski definition) is 3.